The molecule has 2 aromatic heterocycles. The van der Waals surface area contributed by atoms with E-state index in [-0.39, 0.29) is 11.4 Å². The molecular formula is C22H23BrN4O. The molecule has 0 unspecified atom stereocenters. The first-order chi connectivity index (χ1) is 13.5. The molecule has 0 bridgehead atoms. The van der Waals surface area contributed by atoms with Crippen molar-refractivity contribution in [1.82, 2.24) is 20.1 Å². The van der Waals surface area contributed by atoms with Crippen LogP contribution in [-0.4, -0.2) is 20.7 Å². The van der Waals surface area contributed by atoms with Crippen LogP contribution in [0.15, 0.2) is 34.8 Å². The van der Waals surface area contributed by atoms with Crippen LogP contribution in [0, 0.1) is 6.92 Å². The number of nitrogens with zero attached hydrogens (tertiary/aromatic N) is 3. The van der Waals surface area contributed by atoms with Crippen molar-refractivity contribution in [2.75, 3.05) is 0 Å². The van der Waals surface area contributed by atoms with E-state index in [1.165, 1.54) is 0 Å². The highest BCUT2D eigenvalue weighted by atomic mass is 79.9. The highest BCUT2D eigenvalue weighted by molar-refractivity contribution is 9.10. The van der Waals surface area contributed by atoms with Gasteiger partial charge in [0.2, 0.25) is 0 Å². The van der Waals surface area contributed by atoms with E-state index in [1.807, 2.05) is 32.2 Å². The molecule has 1 aromatic carbocycles. The molecule has 144 valence electrons. The van der Waals surface area contributed by atoms with E-state index in [1.54, 1.807) is 4.68 Å². The normalized spacial score (nSPS) is 18.1. The van der Waals surface area contributed by atoms with E-state index < -0.39 is 0 Å². The Bertz CT molecular complexity index is 1100. The molecule has 2 aliphatic carbocycles. The smallest absolute Gasteiger partial charge is 0.252 e. The maximum atomic E-state index is 13.5. The Balaban J connectivity index is 1.57. The number of benzene rings is 1. The zero-order valence-electron chi connectivity index (χ0n) is 16.1. The first-order valence-electron chi connectivity index (χ1n) is 9.90. The molecule has 1 N–H and O–H groups in total. The SMILES string of the molecule is Cc1nn(C)c2nc(C3CC3)cc(C(=O)NC3(c4cccc(Br)c4)CCC3)c12. The Morgan fingerprint density at radius 1 is 1.29 bits per heavy atom. The zero-order chi connectivity index (χ0) is 19.5. The molecule has 5 rings (SSSR count). The maximum absolute atomic E-state index is 13.5. The van der Waals surface area contributed by atoms with Gasteiger partial charge in [0, 0.05) is 23.1 Å². The zero-order valence-corrected chi connectivity index (χ0v) is 17.7. The number of carbonyl (C=O) groups excluding carboxylic acids is 1. The van der Waals surface area contributed by atoms with E-state index in [0.717, 1.165) is 64.6 Å². The van der Waals surface area contributed by atoms with Crippen LogP contribution in [0.3, 0.4) is 0 Å². The highest BCUT2D eigenvalue weighted by Crippen LogP contribution is 2.43. The fraction of sp³-hybridized carbons (Fsp3) is 0.409. The summed E-state index contributed by atoms with van der Waals surface area (Å²) in [6.07, 6.45) is 5.35. The Morgan fingerprint density at radius 3 is 2.71 bits per heavy atom. The minimum Gasteiger partial charge on any atom is -0.343 e. The van der Waals surface area contributed by atoms with Crippen LogP contribution < -0.4 is 5.32 Å². The third-order valence-corrected chi connectivity index (χ3v) is 6.66. The number of aromatic nitrogens is 3. The maximum Gasteiger partial charge on any atom is 0.252 e. The number of rotatable bonds is 4. The van der Waals surface area contributed by atoms with Crippen LogP contribution in [0.1, 0.15) is 65.3 Å². The number of hydrogen-bond donors (Lipinski definition) is 1. The van der Waals surface area contributed by atoms with Gasteiger partial charge in [-0.25, -0.2) is 4.98 Å². The predicted octanol–water partition coefficient (Wildman–Crippen LogP) is 4.73. The van der Waals surface area contributed by atoms with E-state index in [9.17, 15) is 4.79 Å². The monoisotopic (exact) mass is 438 g/mol. The number of carbonyl (C=O) groups is 1. The van der Waals surface area contributed by atoms with Gasteiger partial charge in [0.25, 0.3) is 5.91 Å². The molecule has 28 heavy (non-hydrogen) atoms. The number of pyridine rings is 1. The van der Waals surface area contributed by atoms with Crippen molar-refractivity contribution in [2.24, 2.45) is 7.05 Å². The van der Waals surface area contributed by atoms with Crippen LogP contribution >= 0.6 is 15.9 Å². The van der Waals surface area contributed by atoms with Gasteiger partial charge >= 0.3 is 0 Å². The summed E-state index contributed by atoms with van der Waals surface area (Å²) in [6, 6.07) is 10.3. The molecule has 0 radical (unpaired) electrons. The second-order valence-electron chi connectivity index (χ2n) is 8.18. The van der Waals surface area contributed by atoms with Gasteiger partial charge in [-0.2, -0.15) is 5.10 Å². The van der Waals surface area contributed by atoms with Crippen LogP contribution in [0.25, 0.3) is 11.0 Å². The third-order valence-electron chi connectivity index (χ3n) is 6.17. The van der Waals surface area contributed by atoms with Gasteiger partial charge < -0.3 is 5.32 Å². The van der Waals surface area contributed by atoms with Gasteiger partial charge in [0.15, 0.2) is 5.65 Å². The van der Waals surface area contributed by atoms with Crippen LogP contribution in [0.2, 0.25) is 0 Å². The standard InChI is InChI=1S/C22H23BrN4O/c1-13-19-17(12-18(14-7-8-14)24-20(19)27(2)26-13)21(28)25-22(9-4-10-22)15-5-3-6-16(23)11-15/h3,5-6,11-12,14H,4,7-10H2,1-2H3,(H,25,28). The molecule has 0 saturated heterocycles. The molecule has 3 aromatic rings. The molecule has 0 spiro atoms. The van der Waals surface area contributed by atoms with E-state index in [4.69, 9.17) is 4.98 Å². The van der Waals surface area contributed by atoms with Crippen LogP contribution in [-0.2, 0) is 12.6 Å². The quantitative estimate of drug-likeness (QED) is 0.640. The summed E-state index contributed by atoms with van der Waals surface area (Å²) >= 11 is 3.56. The molecule has 6 heteroatoms. The van der Waals surface area contributed by atoms with Crippen molar-refractivity contribution in [3.8, 4) is 0 Å². The Kier molecular flexibility index (Phi) is 4.09. The third kappa shape index (κ3) is 2.85. The Labute approximate surface area is 172 Å². The Hall–Kier alpha value is -2.21. The van der Waals surface area contributed by atoms with Gasteiger partial charge in [-0.1, -0.05) is 28.1 Å². The lowest BCUT2D eigenvalue weighted by atomic mass is 9.71. The molecule has 0 atom stereocenters. The minimum absolute atomic E-state index is 0.0231. The average molecular weight is 439 g/mol. The number of nitrogens with one attached hydrogen (secondary N) is 1. The first-order valence-corrected chi connectivity index (χ1v) is 10.7. The largest absolute Gasteiger partial charge is 0.343 e. The molecule has 0 aliphatic heterocycles. The first kappa shape index (κ1) is 17.9. The molecule has 5 nitrogen and oxygen atoms in total. The van der Waals surface area contributed by atoms with Crippen molar-refractivity contribution >= 4 is 32.9 Å². The summed E-state index contributed by atoms with van der Waals surface area (Å²) in [5.41, 5.74) is 4.26. The summed E-state index contributed by atoms with van der Waals surface area (Å²) in [5.74, 6) is 0.457. The van der Waals surface area contributed by atoms with Crippen molar-refractivity contribution in [1.29, 1.82) is 0 Å². The topological polar surface area (TPSA) is 59.8 Å². The highest BCUT2D eigenvalue weighted by Gasteiger charge is 2.41. The van der Waals surface area contributed by atoms with Crippen molar-refractivity contribution in [2.45, 2.75) is 50.5 Å². The fourth-order valence-corrected chi connectivity index (χ4v) is 4.72. The summed E-state index contributed by atoms with van der Waals surface area (Å²) in [7, 11) is 1.90. The van der Waals surface area contributed by atoms with Gasteiger partial charge in [-0.05, 0) is 62.8 Å². The lowest BCUT2D eigenvalue weighted by Gasteiger charge is -2.43. The molecule has 1 amide bonds. The van der Waals surface area contributed by atoms with Gasteiger partial charge in [0.05, 0.1) is 22.2 Å². The van der Waals surface area contributed by atoms with Gasteiger partial charge in [-0.3, -0.25) is 9.48 Å². The Morgan fingerprint density at radius 2 is 2.07 bits per heavy atom. The number of hydrogen-bond acceptors (Lipinski definition) is 3. The fourth-order valence-electron chi connectivity index (χ4n) is 4.32. The lowest BCUT2D eigenvalue weighted by molar-refractivity contribution is 0.0825. The summed E-state index contributed by atoms with van der Waals surface area (Å²) in [4.78, 5) is 18.3. The second-order valence-corrected chi connectivity index (χ2v) is 9.09. The van der Waals surface area contributed by atoms with Gasteiger partial charge in [0.1, 0.15) is 0 Å². The summed E-state index contributed by atoms with van der Waals surface area (Å²) in [5, 5.41) is 8.77. The summed E-state index contributed by atoms with van der Waals surface area (Å²) < 4.78 is 2.83. The molecule has 2 aliphatic rings. The predicted molar refractivity (Wildman–Crippen MR) is 112 cm³/mol. The van der Waals surface area contributed by atoms with Crippen molar-refractivity contribution in [3.05, 3.63) is 57.3 Å². The molecule has 2 fully saturated rings. The lowest BCUT2D eigenvalue weighted by Crippen LogP contribution is -2.50. The van der Waals surface area contributed by atoms with E-state index in [2.05, 4.69) is 38.5 Å². The van der Waals surface area contributed by atoms with Crippen molar-refractivity contribution < 1.29 is 4.79 Å². The molecule has 2 saturated carbocycles. The van der Waals surface area contributed by atoms with Crippen molar-refractivity contribution in [3.63, 3.8) is 0 Å². The average Bonchev–Trinajstić information content (AvgIpc) is 3.44. The molecular weight excluding hydrogens is 416 g/mol. The number of halogens is 1. The minimum atomic E-state index is -0.285. The number of amides is 1. The number of aryl methyl sites for hydroxylation is 2. The van der Waals surface area contributed by atoms with Crippen LogP contribution in [0.5, 0.6) is 0 Å². The number of fused-ring (bicyclic) bond motifs is 1. The molecule has 2 heterocycles. The summed E-state index contributed by atoms with van der Waals surface area (Å²) in [6.45, 7) is 1.95. The van der Waals surface area contributed by atoms with E-state index >= 15 is 0 Å². The second kappa shape index (κ2) is 6.41. The van der Waals surface area contributed by atoms with Crippen LogP contribution in [0.4, 0.5) is 0 Å². The van der Waals surface area contributed by atoms with Gasteiger partial charge in [-0.15, -0.1) is 0 Å². The van der Waals surface area contributed by atoms with E-state index in [0.29, 0.717) is 11.5 Å².